The molecule has 2 rings (SSSR count). The van der Waals surface area contributed by atoms with E-state index in [4.69, 9.17) is 13.9 Å². The number of furan rings is 1. The highest BCUT2D eigenvalue weighted by molar-refractivity contribution is 5.89. The van der Waals surface area contributed by atoms with Crippen molar-refractivity contribution in [2.45, 2.75) is 6.42 Å². The highest BCUT2D eigenvalue weighted by Gasteiger charge is 2.07. The number of methoxy groups -OCH3 is 2. The summed E-state index contributed by atoms with van der Waals surface area (Å²) >= 11 is 0. The number of urea groups is 1. The Morgan fingerprint density at radius 2 is 2.00 bits per heavy atom. The maximum atomic E-state index is 11.8. The molecule has 0 unspecified atom stereocenters. The fourth-order valence-electron chi connectivity index (χ4n) is 1.84. The Labute approximate surface area is 123 Å². The van der Waals surface area contributed by atoms with Gasteiger partial charge in [0, 0.05) is 18.3 Å². The fourth-order valence-corrected chi connectivity index (χ4v) is 1.84. The van der Waals surface area contributed by atoms with Crippen molar-refractivity contribution in [2.24, 2.45) is 0 Å². The SMILES string of the molecule is COc1ccc(NC(=O)NCCc2ccoc2)cc1OC. The molecule has 1 aromatic heterocycles. The van der Waals surface area contributed by atoms with Crippen LogP contribution in [0.25, 0.3) is 0 Å². The van der Waals surface area contributed by atoms with Gasteiger partial charge >= 0.3 is 6.03 Å². The van der Waals surface area contributed by atoms with E-state index in [0.29, 0.717) is 23.7 Å². The third kappa shape index (κ3) is 4.17. The quantitative estimate of drug-likeness (QED) is 0.858. The molecule has 2 aromatic rings. The molecule has 2 amide bonds. The molecule has 2 N–H and O–H groups in total. The molecule has 0 radical (unpaired) electrons. The smallest absolute Gasteiger partial charge is 0.319 e. The first-order valence-corrected chi connectivity index (χ1v) is 6.51. The minimum Gasteiger partial charge on any atom is -0.493 e. The molecule has 0 spiro atoms. The molecule has 0 fully saturated rings. The summed E-state index contributed by atoms with van der Waals surface area (Å²) in [6, 6.07) is 6.78. The molecular weight excluding hydrogens is 272 g/mol. The summed E-state index contributed by atoms with van der Waals surface area (Å²) in [5, 5.41) is 5.51. The van der Waals surface area contributed by atoms with Gasteiger partial charge in [-0.1, -0.05) is 0 Å². The van der Waals surface area contributed by atoms with E-state index in [9.17, 15) is 4.79 Å². The zero-order valence-electron chi connectivity index (χ0n) is 12.0. The summed E-state index contributed by atoms with van der Waals surface area (Å²) < 4.78 is 15.3. The van der Waals surface area contributed by atoms with Crippen LogP contribution in [0, 0.1) is 0 Å². The van der Waals surface area contributed by atoms with Crippen molar-refractivity contribution in [1.29, 1.82) is 0 Å². The molecule has 6 heteroatoms. The van der Waals surface area contributed by atoms with Gasteiger partial charge in [0.15, 0.2) is 11.5 Å². The van der Waals surface area contributed by atoms with E-state index >= 15 is 0 Å². The fraction of sp³-hybridized carbons (Fsp3) is 0.267. The molecule has 0 aliphatic rings. The van der Waals surface area contributed by atoms with Crippen molar-refractivity contribution in [3.8, 4) is 11.5 Å². The van der Waals surface area contributed by atoms with Crippen molar-refractivity contribution in [3.05, 3.63) is 42.4 Å². The number of carbonyl (C=O) groups is 1. The highest BCUT2D eigenvalue weighted by Crippen LogP contribution is 2.29. The standard InChI is InChI=1S/C15H18N2O4/c1-19-13-4-3-12(9-14(13)20-2)17-15(18)16-7-5-11-6-8-21-10-11/h3-4,6,8-10H,5,7H2,1-2H3,(H2,16,17,18). The van der Waals surface area contributed by atoms with Crippen LogP contribution in [0.2, 0.25) is 0 Å². The summed E-state index contributed by atoms with van der Waals surface area (Å²) in [5.41, 5.74) is 1.68. The van der Waals surface area contributed by atoms with Crippen LogP contribution in [0.3, 0.4) is 0 Å². The number of benzene rings is 1. The molecule has 21 heavy (non-hydrogen) atoms. The van der Waals surface area contributed by atoms with Crippen molar-refractivity contribution in [3.63, 3.8) is 0 Å². The van der Waals surface area contributed by atoms with Crippen LogP contribution in [-0.4, -0.2) is 26.8 Å². The Bertz CT molecular complexity index is 581. The lowest BCUT2D eigenvalue weighted by Gasteiger charge is -2.11. The van der Waals surface area contributed by atoms with E-state index in [1.54, 1.807) is 44.9 Å². The van der Waals surface area contributed by atoms with Crippen molar-refractivity contribution in [1.82, 2.24) is 5.32 Å². The minimum absolute atomic E-state index is 0.272. The molecule has 1 aromatic carbocycles. The van der Waals surface area contributed by atoms with Crippen molar-refractivity contribution in [2.75, 3.05) is 26.1 Å². The van der Waals surface area contributed by atoms with E-state index in [1.165, 1.54) is 0 Å². The molecule has 112 valence electrons. The van der Waals surface area contributed by atoms with Gasteiger partial charge in [0.1, 0.15) is 0 Å². The van der Waals surface area contributed by atoms with Gasteiger partial charge in [0.25, 0.3) is 0 Å². The molecule has 0 saturated carbocycles. The Morgan fingerprint density at radius 3 is 2.67 bits per heavy atom. The van der Waals surface area contributed by atoms with Crippen molar-refractivity contribution >= 4 is 11.7 Å². The maximum absolute atomic E-state index is 11.8. The second-order valence-electron chi connectivity index (χ2n) is 4.33. The highest BCUT2D eigenvalue weighted by atomic mass is 16.5. The van der Waals surface area contributed by atoms with Crippen LogP contribution in [0.1, 0.15) is 5.56 Å². The number of carbonyl (C=O) groups excluding carboxylic acids is 1. The summed E-state index contributed by atoms with van der Waals surface area (Å²) in [4.78, 5) is 11.8. The molecule has 0 bridgehead atoms. The summed E-state index contributed by atoms with van der Waals surface area (Å²) in [7, 11) is 3.11. The predicted molar refractivity (Wildman–Crippen MR) is 79.0 cm³/mol. The Morgan fingerprint density at radius 1 is 1.19 bits per heavy atom. The van der Waals surface area contributed by atoms with E-state index in [1.807, 2.05) is 6.07 Å². The molecule has 0 aliphatic carbocycles. The van der Waals surface area contributed by atoms with Gasteiger partial charge in [0.05, 0.1) is 26.7 Å². The zero-order valence-corrected chi connectivity index (χ0v) is 12.0. The number of hydrogen-bond donors (Lipinski definition) is 2. The number of anilines is 1. The number of rotatable bonds is 6. The average Bonchev–Trinajstić information content (AvgIpc) is 3.00. The molecule has 1 heterocycles. The van der Waals surface area contributed by atoms with Gasteiger partial charge in [-0.15, -0.1) is 0 Å². The summed E-state index contributed by atoms with van der Waals surface area (Å²) in [6.07, 6.45) is 3.99. The second kappa shape index (κ2) is 7.23. The van der Waals surface area contributed by atoms with Gasteiger partial charge in [-0.25, -0.2) is 4.79 Å². The molecule has 0 atom stereocenters. The lowest BCUT2D eigenvalue weighted by molar-refractivity contribution is 0.252. The monoisotopic (exact) mass is 290 g/mol. The van der Waals surface area contributed by atoms with Gasteiger partial charge in [-0.05, 0) is 30.2 Å². The normalized spacial score (nSPS) is 10.0. The second-order valence-corrected chi connectivity index (χ2v) is 4.33. The van der Waals surface area contributed by atoms with Crippen LogP contribution in [0.15, 0.2) is 41.2 Å². The van der Waals surface area contributed by atoms with Crippen LogP contribution in [0.5, 0.6) is 11.5 Å². The minimum atomic E-state index is -0.272. The van der Waals surface area contributed by atoms with E-state index in [2.05, 4.69) is 10.6 Å². The van der Waals surface area contributed by atoms with Gasteiger partial charge < -0.3 is 24.5 Å². The first-order chi connectivity index (χ1) is 10.2. The molecule has 0 aliphatic heterocycles. The Hall–Kier alpha value is -2.63. The summed E-state index contributed by atoms with van der Waals surface area (Å²) in [5.74, 6) is 1.18. The third-order valence-electron chi connectivity index (χ3n) is 2.92. The third-order valence-corrected chi connectivity index (χ3v) is 2.92. The first-order valence-electron chi connectivity index (χ1n) is 6.51. The number of ether oxygens (including phenoxy) is 2. The largest absolute Gasteiger partial charge is 0.493 e. The van der Waals surface area contributed by atoms with Gasteiger partial charge in [-0.3, -0.25) is 0 Å². The van der Waals surface area contributed by atoms with E-state index in [0.717, 1.165) is 12.0 Å². The van der Waals surface area contributed by atoms with Crippen LogP contribution in [-0.2, 0) is 6.42 Å². The average molecular weight is 290 g/mol. The topological polar surface area (TPSA) is 72.7 Å². The Kier molecular flexibility index (Phi) is 5.09. The lowest BCUT2D eigenvalue weighted by atomic mass is 10.2. The molecule has 6 nitrogen and oxygen atoms in total. The van der Waals surface area contributed by atoms with Crippen LogP contribution < -0.4 is 20.1 Å². The summed E-state index contributed by atoms with van der Waals surface area (Å²) in [6.45, 7) is 0.526. The lowest BCUT2D eigenvalue weighted by Crippen LogP contribution is -2.30. The van der Waals surface area contributed by atoms with Crippen LogP contribution >= 0.6 is 0 Å². The first kappa shape index (κ1) is 14.8. The number of nitrogens with one attached hydrogen (secondary N) is 2. The Balaban J connectivity index is 1.84. The van der Waals surface area contributed by atoms with E-state index in [-0.39, 0.29) is 6.03 Å². The number of amides is 2. The van der Waals surface area contributed by atoms with Crippen LogP contribution in [0.4, 0.5) is 10.5 Å². The molecular formula is C15H18N2O4. The van der Waals surface area contributed by atoms with E-state index < -0.39 is 0 Å². The van der Waals surface area contributed by atoms with Crippen molar-refractivity contribution < 1.29 is 18.7 Å². The van der Waals surface area contributed by atoms with Gasteiger partial charge in [0.2, 0.25) is 0 Å². The molecule has 0 saturated heterocycles. The zero-order chi connectivity index (χ0) is 15.1. The maximum Gasteiger partial charge on any atom is 0.319 e. The number of hydrogen-bond acceptors (Lipinski definition) is 4. The van der Waals surface area contributed by atoms with Gasteiger partial charge in [-0.2, -0.15) is 0 Å². The predicted octanol–water partition coefficient (Wildman–Crippen LogP) is 2.66.